The van der Waals surface area contributed by atoms with Gasteiger partial charge >= 0.3 is 5.69 Å². The standard InChI is InChI=1S/C14H15N3O3S/c15-13(21)10-4-1-2-5-11(10)20-9-3-7-17-8-6-12(18)16-14(17)19/h1-2,4-6,8H,3,7,9H2,(H2,15,21)(H,16,18,19). The van der Waals surface area contributed by atoms with Gasteiger partial charge < -0.3 is 15.0 Å². The average Bonchev–Trinajstić information content (AvgIpc) is 2.45. The minimum Gasteiger partial charge on any atom is -0.493 e. The van der Waals surface area contributed by atoms with Crippen LogP contribution in [-0.4, -0.2) is 21.1 Å². The van der Waals surface area contributed by atoms with Gasteiger partial charge in [0.2, 0.25) is 0 Å². The van der Waals surface area contributed by atoms with Crippen molar-refractivity contribution in [3.63, 3.8) is 0 Å². The van der Waals surface area contributed by atoms with Gasteiger partial charge in [-0.1, -0.05) is 24.4 Å². The van der Waals surface area contributed by atoms with Crippen LogP contribution in [0.4, 0.5) is 0 Å². The highest BCUT2D eigenvalue weighted by Crippen LogP contribution is 2.17. The molecular weight excluding hydrogens is 290 g/mol. The van der Waals surface area contributed by atoms with Crippen LogP contribution >= 0.6 is 12.2 Å². The predicted molar refractivity (Wildman–Crippen MR) is 83.8 cm³/mol. The molecule has 0 bridgehead atoms. The number of aromatic amines is 1. The number of ether oxygens (including phenoxy) is 1. The molecule has 0 saturated carbocycles. The minimum atomic E-state index is -0.425. The molecule has 1 aromatic carbocycles. The van der Waals surface area contributed by atoms with Crippen molar-refractivity contribution >= 4 is 17.2 Å². The molecule has 2 aromatic rings. The molecule has 0 fully saturated rings. The molecule has 7 heteroatoms. The fourth-order valence-electron chi connectivity index (χ4n) is 1.83. The van der Waals surface area contributed by atoms with E-state index in [-0.39, 0.29) is 4.99 Å². The Morgan fingerprint density at radius 3 is 2.76 bits per heavy atom. The Balaban J connectivity index is 1.92. The van der Waals surface area contributed by atoms with E-state index in [1.165, 1.54) is 16.8 Å². The number of H-pyrrole nitrogens is 1. The summed E-state index contributed by atoms with van der Waals surface area (Å²) in [5.41, 5.74) is 5.48. The fraction of sp³-hybridized carbons (Fsp3) is 0.214. The van der Waals surface area contributed by atoms with Gasteiger partial charge in [0.1, 0.15) is 10.7 Å². The predicted octanol–water partition coefficient (Wildman–Crippen LogP) is 0.640. The van der Waals surface area contributed by atoms with Gasteiger partial charge in [0.05, 0.1) is 12.2 Å². The van der Waals surface area contributed by atoms with Crippen LogP contribution in [0.5, 0.6) is 5.75 Å². The molecule has 0 aliphatic rings. The number of rotatable bonds is 6. The van der Waals surface area contributed by atoms with Gasteiger partial charge in [-0.25, -0.2) is 4.79 Å². The number of nitrogens with two attached hydrogens (primary N) is 1. The van der Waals surface area contributed by atoms with E-state index in [1.807, 2.05) is 12.1 Å². The molecule has 0 spiro atoms. The molecular formula is C14H15N3O3S. The first-order valence-corrected chi connectivity index (χ1v) is 6.80. The van der Waals surface area contributed by atoms with Crippen molar-refractivity contribution in [2.24, 2.45) is 5.73 Å². The number of thiocarbonyl (C=S) groups is 1. The lowest BCUT2D eigenvalue weighted by Gasteiger charge is -2.10. The summed E-state index contributed by atoms with van der Waals surface area (Å²) < 4.78 is 7.05. The lowest BCUT2D eigenvalue weighted by atomic mass is 10.2. The number of nitrogens with one attached hydrogen (secondary N) is 1. The fourth-order valence-corrected chi connectivity index (χ4v) is 2.00. The summed E-state index contributed by atoms with van der Waals surface area (Å²) >= 11 is 4.95. The normalized spacial score (nSPS) is 10.3. The Morgan fingerprint density at radius 2 is 2.05 bits per heavy atom. The lowest BCUT2D eigenvalue weighted by Crippen LogP contribution is -2.29. The summed E-state index contributed by atoms with van der Waals surface area (Å²) in [6.07, 6.45) is 2.07. The zero-order valence-electron chi connectivity index (χ0n) is 11.2. The maximum Gasteiger partial charge on any atom is 0.328 e. The highest BCUT2D eigenvalue weighted by atomic mass is 32.1. The lowest BCUT2D eigenvalue weighted by molar-refractivity contribution is 0.300. The van der Waals surface area contributed by atoms with Crippen LogP contribution in [0.2, 0.25) is 0 Å². The van der Waals surface area contributed by atoms with Crippen molar-refractivity contribution in [1.29, 1.82) is 0 Å². The van der Waals surface area contributed by atoms with Crippen molar-refractivity contribution in [2.75, 3.05) is 6.61 Å². The highest BCUT2D eigenvalue weighted by Gasteiger charge is 2.05. The molecule has 0 atom stereocenters. The van der Waals surface area contributed by atoms with Gasteiger partial charge in [-0.05, 0) is 18.6 Å². The maximum atomic E-state index is 11.5. The second-order valence-electron chi connectivity index (χ2n) is 4.37. The number of hydrogen-bond acceptors (Lipinski definition) is 4. The largest absolute Gasteiger partial charge is 0.493 e. The Morgan fingerprint density at radius 1 is 1.29 bits per heavy atom. The van der Waals surface area contributed by atoms with Gasteiger partial charge in [0.25, 0.3) is 5.56 Å². The van der Waals surface area contributed by atoms with Crippen molar-refractivity contribution in [2.45, 2.75) is 13.0 Å². The van der Waals surface area contributed by atoms with Gasteiger partial charge in [0, 0.05) is 18.8 Å². The van der Waals surface area contributed by atoms with E-state index in [1.54, 1.807) is 12.1 Å². The van der Waals surface area contributed by atoms with E-state index in [0.29, 0.717) is 30.9 Å². The number of benzene rings is 1. The van der Waals surface area contributed by atoms with E-state index in [4.69, 9.17) is 22.7 Å². The second kappa shape index (κ2) is 6.85. The molecule has 2 rings (SSSR count). The third kappa shape index (κ3) is 4.03. The maximum absolute atomic E-state index is 11.5. The van der Waals surface area contributed by atoms with Crippen LogP contribution in [0.15, 0.2) is 46.1 Å². The first-order valence-electron chi connectivity index (χ1n) is 6.39. The van der Waals surface area contributed by atoms with Crippen LogP contribution in [0, 0.1) is 0 Å². The first-order chi connectivity index (χ1) is 10.1. The number of hydrogen-bond donors (Lipinski definition) is 2. The molecule has 0 unspecified atom stereocenters. The zero-order chi connectivity index (χ0) is 15.2. The highest BCUT2D eigenvalue weighted by molar-refractivity contribution is 7.80. The Labute approximate surface area is 126 Å². The van der Waals surface area contributed by atoms with Crippen molar-refractivity contribution in [3.8, 4) is 5.75 Å². The molecule has 0 aliphatic heterocycles. The van der Waals surface area contributed by atoms with E-state index >= 15 is 0 Å². The van der Waals surface area contributed by atoms with Crippen LogP contribution in [0.3, 0.4) is 0 Å². The number of aryl methyl sites for hydroxylation is 1. The van der Waals surface area contributed by atoms with Crippen molar-refractivity contribution in [3.05, 3.63) is 62.9 Å². The Hall–Kier alpha value is -2.41. The van der Waals surface area contributed by atoms with E-state index in [9.17, 15) is 9.59 Å². The molecule has 1 heterocycles. The average molecular weight is 305 g/mol. The van der Waals surface area contributed by atoms with Gasteiger partial charge in [-0.15, -0.1) is 0 Å². The SMILES string of the molecule is NC(=S)c1ccccc1OCCCn1ccc(=O)[nH]c1=O. The van der Waals surface area contributed by atoms with Crippen LogP contribution in [0.25, 0.3) is 0 Å². The molecule has 110 valence electrons. The van der Waals surface area contributed by atoms with Crippen LogP contribution in [-0.2, 0) is 6.54 Å². The third-order valence-corrected chi connectivity index (χ3v) is 3.07. The van der Waals surface area contributed by atoms with E-state index in [0.717, 1.165) is 0 Å². The van der Waals surface area contributed by atoms with E-state index < -0.39 is 11.2 Å². The number of para-hydroxylation sites is 1. The van der Waals surface area contributed by atoms with Gasteiger partial charge in [-0.3, -0.25) is 9.78 Å². The summed E-state index contributed by atoms with van der Waals surface area (Å²) in [5.74, 6) is 0.624. The molecule has 21 heavy (non-hydrogen) atoms. The van der Waals surface area contributed by atoms with Gasteiger partial charge in [-0.2, -0.15) is 0 Å². The summed E-state index contributed by atoms with van der Waals surface area (Å²) in [7, 11) is 0. The summed E-state index contributed by atoms with van der Waals surface area (Å²) in [4.78, 5) is 24.9. The first kappa shape index (κ1) is 15.0. The molecule has 6 nitrogen and oxygen atoms in total. The monoisotopic (exact) mass is 305 g/mol. The molecule has 0 aliphatic carbocycles. The summed E-state index contributed by atoms with van der Waals surface area (Å²) in [6.45, 7) is 0.857. The van der Waals surface area contributed by atoms with Crippen molar-refractivity contribution < 1.29 is 4.74 Å². The zero-order valence-corrected chi connectivity index (χ0v) is 12.1. The second-order valence-corrected chi connectivity index (χ2v) is 4.81. The Kier molecular flexibility index (Phi) is 4.89. The number of nitrogens with zero attached hydrogens (tertiary/aromatic N) is 1. The number of aromatic nitrogens is 2. The summed E-state index contributed by atoms with van der Waals surface area (Å²) in [5, 5.41) is 0. The quantitative estimate of drug-likeness (QED) is 0.604. The third-order valence-electron chi connectivity index (χ3n) is 2.85. The molecule has 0 saturated heterocycles. The topological polar surface area (TPSA) is 90.1 Å². The van der Waals surface area contributed by atoms with Crippen molar-refractivity contribution in [1.82, 2.24) is 9.55 Å². The van der Waals surface area contributed by atoms with Crippen LogP contribution in [0.1, 0.15) is 12.0 Å². The molecule has 3 N–H and O–H groups in total. The van der Waals surface area contributed by atoms with Crippen LogP contribution < -0.4 is 21.7 Å². The molecule has 1 aromatic heterocycles. The molecule has 0 amide bonds. The Bertz CT molecular complexity index is 751. The minimum absolute atomic E-state index is 0.280. The molecule has 0 radical (unpaired) electrons. The smallest absolute Gasteiger partial charge is 0.328 e. The van der Waals surface area contributed by atoms with E-state index in [2.05, 4.69) is 4.98 Å². The summed E-state index contributed by atoms with van der Waals surface area (Å²) in [6, 6.07) is 8.57. The van der Waals surface area contributed by atoms with Gasteiger partial charge in [0.15, 0.2) is 0 Å².